The highest BCUT2D eigenvalue weighted by atomic mass is 79.9. The van der Waals surface area contributed by atoms with Gasteiger partial charge < -0.3 is 0 Å². The van der Waals surface area contributed by atoms with Crippen LogP contribution in [0.15, 0.2) is 11.1 Å². The van der Waals surface area contributed by atoms with Crippen molar-refractivity contribution in [2.24, 2.45) is 0 Å². The lowest BCUT2D eigenvalue weighted by atomic mass is 10.3. The second-order valence-corrected chi connectivity index (χ2v) is 3.96. The molecular formula is C7H10BrF2N. The van der Waals surface area contributed by atoms with Gasteiger partial charge in [-0.3, -0.25) is 4.90 Å². The highest BCUT2D eigenvalue weighted by molar-refractivity contribution is 9.11. The minimum Gasteiger partial charge on any atom is -0.292 e. The lowest BCUT2D eigenvalue weighted by molar-refractivity contribution is 0.0132. The minimum atomic E-state index is -2.48. The maximum Gasteiger partial charge on any atom is 0.261 e. The smallest absolute Gasteiger partial charge is 0.261 e. The first kappa shape index (κ1) is 9.13. The number of hydrogen-bond donors (Lipinski definition) is 0. The zero-order chi connectivity index (χ0) is 8.48. The molecule has 0 amide bonds. The van der Waals surface area contributed by atoms with Crippen molar-refractivity contribution in [3.05, 3.63) is 11.1 Å². The Morgan fingerprint density at radius 2 is 2.27 bits per heavy atom. The van der Waals surface area contributed by atoms with Crippen LogP contribution in [0.1, 0.15) is 6.42 Å². The Morgan fingerprint density at radius 1 is 1.64 bits per heavy atom. The van der Waals surface area contributed by atoms with E-state index in [9.17, 15) is 8.78 Å². The van der Waals surface area contributed by atoms with Crippen LogP contribution < -0.4 is 0 Å². The molecule has 0 aromatic carbocycles. The van der Waals surface area contributed by atoms with Gasteiger partial charge in [0.2, 0.25) is 0 Å². The summed E-state index contributed by atoms with van der Waals surface area (Å²) in [7, 11) is 0. The highest BCUT2D eigenvalue weighted by Crippen LogP contribution is 2.27. The molecule has 1 nitrogen and oxygen atoms in total. The standard InChI is InChI=1S/C7H10BrF2N/c1-6(8)4-11-3-2-7(9,10)5-11/h1-5H2. The molecule has 1 aliphatic rings. The Labute approximate surface area is 73.2 Å². The fourth-order valence-electron chi connectivity index (χ4n) is 1.18. The Kier molecular flexibility index (Phi) is 2.65. The Balaban J connectivity index is 2.36. The predicted molar refractivity (Wildman–Crippen MR) is 44.1 cm³/mol. The summed E-state index contributed by atoms with van der Waals surface area (Å²) in [5.74, 6) is -2.48. The molecule has 0 bridgehead atoms. The third-order valence-electron chi connectivity index (χ3n) is 1.64. The molecule has 0 unspecified atom stereocenters. The molecule has 4 heteroatoms. The molecule has 0 aromatic heterocycles. The van der Waals surface area contributed by atoms with Gasteiger partial charge in [0.1, 0.15) is 0 Å². The summed E-state index contributed by atoms with van der Waals surface area (Å²) in [6.07, 6.45) is -0.0206. The van der Waals surface area contributed by atoms with Gasteiger partial charge in [0, 0.05) is 24.0 Å². The van der Waals surface area contributed by atoms with Crippen molar-refractivity contribution in [1.29, 1.82) is 0 Å². The molecule has 1 heterocycles. The lowest BCUT2D eigenvalue weighted by Crippen LogP contribution is -2.26. The fraction of sp³-hybridized carbons (Fsp3) is 0.714. The number of nitrogens with zero attached hydrogens (tertiary/aromatic N) is 1. The van der Waals surface area contributed by atoms with Gasteiger partial charge in [-0.2, -0.15) is 0 Å². The summed E-state index contributed by atoms with van der Waals surface area (Å²) >= 11 is 3.14. The van der Waals surface area contributed by atoms with Crippen LogP contribution in [-0.4, -0.2) is 30.5 Å². The van der Waals surface area contributed by atoms with Gasteiger partial charge in [0.05, 0.1) is 6.54 Å². The van der Waals surface area contributed by atoms with Crippen LogP contribution >= 0.6 is 15.9 Å². The molecule has 0 spiro atoms. The van der Waals surface area contributed by atoms with Gasteiger partial charge in [-0.05, 0) is 0 Å². The second-order valence-electron chi connectivity index (χ2n) is 2.83. The number of alkyl halides is 2. The third kappa shape index (κ3) is 2.87. The molecule has 11 heavy (non-hydrogen) atoms. The first-order chi connectivity index (χ1) is 4.99. The van der Waals surface area contributed by atoms with E-state index in [4.69, 9.17) is 0 Å². The average molecular weight is 226 g/mol. The van der Waals surface area contributed by atoms with E-state index in [0.717, 1.165) is 4.48 Å². The maximum absolute atomic E-state index is 12.6. The SMILES string of the molecule is C=C(Br)CN1CCC(F)(F)C1. The minimum absolute atomic E-state index is 0.0206. The molecular weight excluding hydrogens is 216 g/mol. The zero-order valence-electron chi connectivity index (χ0n) is 6.12. The van der Waals surface area contributed by atoms with E-state index in [0.29, 0.717) is 13.1 Å². The quantitative estimate of drug-likeness (QED) is 0.697. The van der Waals surface area contributed by atoms with Gasteiger partial charge in [-0.15, -0.1) is 0 Å². The van der Waals surface area contributed by atoms with Gasteiger partial charge in [0.25, 0.3) is 5.92 Å². The number of halogens is 3. The first-order valence-corrected chi connectivity index (χ1v) is 4.22. The molecule has 64 valence electrons. The van der Waals surface area contributed by atoms with E-state index in [2.05, 4.69) is 22.5 Å². The second kappa shape index (κ2) is 3.19. The molecule has 1 aliphatic heterocycles. The Morgan fingerprint density at radius 3 is 2.64 bits per heavy atom. The summed E-state index contributed by atoms with van der Waals surface area (Å²) in [4.78, 5) is 1.69. The van der Waals surface area contributed by atoms with Crippen LogP contribution in [0.2, 0.25) is 0 Å². The van der Waals surface area contributed by atoms with Crippen LogP contribution in [-0.2, 0) is 0 Å². The van der Waals surface area contributed by atoms with Crippen LogP contribution in [0.3, 0.4) is 0 Å². The van der Waals surface area contributed by atoms with Crippen molar-refractivity contribution in [3.63, 3.8) is 0 Å². The van der Waals surface area contributed by atoms with E-state index in [-0.39, 0.29) is 13.0 Å². The number of hydrogen-bond acceptors (Lipinski definition) is 1. The van der Waals surface area contributed by atoms with Crippen LogP contribution in [0.4, 0.5) is 8.78 Å². The summed E-state index contributed by atoms with van der Waals surface area (Å²) in [5, 5.41) is 0. The molecule has 0 radical (unpaired) electrons. The van der Waals surface area contributed by atoms with Crippen LogP contribution in [0.5, 0.6) is 0 Å². The molecule has 1 rings (SSSR count). The van der Waals surface area contributed by atoms with Crippen molar-refractivity contribution in [1.82, 2.24) is 4.90 Å². The van der Waals surface area contributed by atoms with Crippen molar-refractivity contribution >= 4 is 15.9 Å². The monoisotopic (exact) mass is 225 g/mol. The van der Waals surface area contributed by atoms with Crippen molar-refractivity contribution < 1.29 is 8.78 Å². The van der Waals surface area contributed by atoms with E-state index < -0.39 is 5.92 Å². The molecule has 0 aromatic rings. The number of rotatable bonds is 2. The van der Waals surface area contributed by atoms with Gasteiger partial charge in [0.15, 0.2) is 0 Å². The fourth-order valence-corrected chi connectivity index (χ4v) is 1.54. The topological polar surface area (TPSA) is 3.24 Å². The van der Waals surface area contributed by atoms with E-state index in [1.165, 1.54) is 0 Å². The molecule has 1 fully saturated rings. The van der Waals surface area contributed by atoms with Gasteiger partial charge in [-0.1, -0.05) is 22.5 Å². The largest absolute Gasteiger partial charge is 0.292 e. The molecule has 0 N–H and O–H groups in total. The maximum atomic E-state index is 12.6. The van der Waals surface area contributed by atoms with Crippen LogP contribution in [0.25, 0.3) is 0 Å². The molecule has 1 saturated heterocycles. The summed E-state index contributed by atoms with van der Waals surface area (Å²) in [6, 6.07) is 0. The van der Waals surface area contributed by atoms with E-state index >= 15 is 0 Å². The third-order valence-corrected chi connectivity index (χ3v) is 1.89. The molecule has 0 saturated carbocycles. The normalized spacial score (nSPS) is 23.9. The zero-order valence-corrected chi connectivity index (χ0v) is 7.70. The average Bonchev–Trinajstić information content (AvgIpc) is 2.08. The van der Waals surface area contributed by atoms with E-state index in [1.54, 1.807) is 4.90 Å². The van der Waals surface area contributed by atoms with Crippen molar-refractivity contribution in [2.75, 3.05) is 19.6 Å². The van der Waals surface area contributed by atoms with Gasteiger partial charge >= 0.3 is 0 Å². The Hall–Kier alpha value is 0.0400. The number of likely N-dealkylation sites (tertiary alicyclic amines) is 1. The summed E-state index contributed by atoms with van der Waals surface area (Å²) in [5.41, 5.74) is 0. The van der Waals surface area contributed by atoms with Crippen LogP contribution in [0, 0.1) is 0 Å². The van der Waals surface area contributed by atoms with Crippen molar-refractivity contribution in [2.45, 2.75) is 12.3 Å². The Bertz CT molecular complexity index is 170. The summed E-state index contributed by atoms with van der Waals surface area (Å²) in [6.45, 7) is 4.46. The van der Waals surface area contributed by atoms with Gasteiger partial charge in [-0.25, -0.2) is 8.78 Å². The summed E-state index contributed by atoms with van der Waals surface area (Å²) < 4.78 is 25.9. The highest BCUT2D eigenvalue weighted by Gasteiger charge is 2.37. The predicted octanol–water partition coefficient (Wildman–Crippen LogP) is 2.24. The molecule has 0 aliphatic carbocycles. The lowest BCUT2D eigenvalue weighted by Gasteiger charge is -2.13. The van der Waals surface area contributed by atoms with E-state index in [1.807, 2.05) is 0 Å². The molecule has 0 atom stereocenters. The van der Waals surface area contributed by atoms with Crippen molar-refractivity contribution in [3.8, 4) is 0 Å². The first-order valence-electron chi connectivity index (χ1n) is 3.43.